The minimum absolute atomic E-state index is 0.0724. The molecule has 2 saturated heterocycles. The largest absolute Gasteiger partial charge is 0.355 e. The first-order valence-corrected chi connectivity index (χ1v) is 15.1. The maximum Gasteiger partial charge on any atom is 0.245 e. The zero-order chi connectivity index (χ0) is 25.2. The van der Waals surface area contributed by atoms with Crippen molar-refractivity contribution < 1.29 is 18.0 Å². The number of rotatable bonds is 7. The fourth-order valence-corrected chi connectivity index (χ4v) is 8.02. The van der Waals surface area contributed by atoms with Gasteiger partial charge in [-0.25, -0.2) is 8.42 Å². The number of likely N-dealkylation sites (tertiary alicyclic amines) is 1. The smallest absolute Gasteiger partial charge is 0.245 e. The summed E-state index contributed by atoms with van der Waals surface area (Å²) in [5, 5.41) is 3.05. The van der Waals surface area contributed by atoms with E-state index in [1.807, 2.05) is 6.07 Å². The van der Waals surface area contributed by atoms with Gasteiger partial charge in [0, 0.05) is 49.7 Å². The van der Waals surface area contributed by atoms with Crippen molar-refractivity contribution in [2.24, 2.45) is 5.92 Å². The molecular formula is C25H37BrN4O4S. The highest BCUT2D eigenvalue weighted by Gasteiger charge is 2.38. The van der Waals surface area contributed by atoms with Gasteiger partial charge < -0.3 is 10.2 Å². The summed E-state index contributed by atoms with van der Waals surface area (Å²) in [5.41, 5.74) is 1.36. The van der Waals surface area contributed by atoms with Crippen LogP contribution in [-0.4, -0.2) is 74.7 Å². The Morgan fingerprint density at radius 1 is 1.11 bits per heavy atom. The molecule has 1 aromatic rings. The Kier molecular flexibility index (Phi) is 8.56. The molecule has 35 heavy (non-hydrogen) atoms. The van der Waals surface area contributed by atoms with Crippen molar-refractivity contribution in [3.8, 4) is 0 Å². The summed E-state index contributed by atoms with van der Waals surface area (Å²) in [6.45, 7) is 7.53. The van der Waals surface area contributed by atoms with Gasteiger partial charge in [-0.3, -0.25) is 14.5 Å². The van der Waals surface area contributed by atoms with Crippen LogP contribution in [0.5, 0.6) is 0 Å². The fraction of sp³-hybridized carbons (Fsp3) is 0.680. The zero-order valence-electron chi connectivity index (χ0n) is 20.8. The van der Waals surface area contributed by atoms with Crippen molar-refractivity contribution in [3.05, 3.63) is 22.2 Å². The van der Waals surface area contributed by atoms with E-state index in [0.29, 0.717) is 61.5 Å². The Bertz CT molecular complexity index is 1060. The van der Waals surface area contributed by atoms with Gasteiger partial charge in [0.1, 0.15) is 4.90 Å². The first-order valence-electron chi connectivity index (χ1n) is 12.9. The molecule has 3 heterocycles. The molecule has 1 N–H and O–H groups in total. The number of nitrogens with zero attached hydrogens (tertiary/aromatic N) is 3. The summed E-state index contributed by atoms with van der Waals surface area (Å²) >= 11 is 3.45. The highest BCUT2D eigenvalue weighted by Crippen LogP contribution is 2.39. The summed E-state index contributed by atoms with van der Waals surface area (Å²) < 4.78 is 29.7. The number of benzene rings is 1. The second-order valence-corrected chi connectivity index (χ2v) is 12.8. The van der Waals surface area contributed by atoms with Crippen LogP contribution in [0.15, 0.2) is 21.5 Å². The van der Waals surface area contributed by atoms with E-state index >= 15 is 0 Å². The van der Waals surface area contributed by atoms with Crippen LogP contribution in [0.25, 0.3) is 0 Å². The fourth-order valence-electron chi connectivity index (χ4n) is 5.58. The molecule has 10 heteroatoms. The monoisotopic (exact) mass is 568 g/mol. The zero-order valence-corrected chi connectivity index (χ0v) is 23.2. The Morgan fingerprint density at radius 2 is 1.91 bits per heavy atom. The standard InChI is InChI=1S/C25H37BrN4O4S/c1-3-23(31)30-13-9-19-15-21(26)16-22(24(19)30)35(33,34)29-12-6-8-20(17-29)25(32)27-10-14-28-11-5-4-7-18(28)2/h15-16,18,20H,3-14,17H2,1-2H3,(H,27,32)/t18-,20-/m0/s1. The molecular weight excluding hydrogens is 532 g/mol. The topological polar surface area (TPSA) is 90.0 Å². The molecule has 8 nitrogen and oxygen atoms in total. The van der Waals surface area contributed by atoms with Crippen LogP contribution in [0.1, 0.15) is 57.9 Å². The number of nitrogens with one attached hydrogen (secondary N) is 1. The number of hydrogen-bond donors (Lipinski definition) is 1. The van der Waals surface area contributed by atoms with Crippen LogP contribution in [-0.2, 0) is 26.0 Å². The summed E-state index contributed by atoms with van der Waals surface area (Å²) in [5.74, 6) is -0.524. The molecule has 0 unspecified atom stereocenters. The molecule has 4 rings (SSSR count). The summed E-state index contributed by atoms with van der Waals surface area (Å²) in [6.07, 6.45) is 5.92. The van der Waals surface area contributed by atoms with E-state index in [1.54, 1.807) is 17.9 Å². The molecule has 0 spiro atoms. The lowest BCUT2D eigenvalue weighted by atomic mass is 9.99. The number of amides is 2. The van der Waals surface area contributed by atoms with Crippen molar-refractivity contribution >= 4 is 43.5 Å². The molecule has 0 bridgehead atoms. The maximum absolute atomic E-state index is 13.8. The van der Waals surface area contributed by atoms with Gasteiger partial charge >= 0.3 is 0 Å². The Balaban J connectivity index is 1.46. The Hall–Kier alpha value is -1.49. The first-order chi connectivity index (χ1) is 16.7. The molecule has 194 valence electrons. The molecule has 0 aromatic heterocycles. The van der Waals surface area contributed by atoms with E-state index in [0.717, 1.165) is 18.7 Å². The molecule has 0 radical (unpaired) electrons. The Morgan fingerprint density at radius 3 is 2.66 bits per heavy atom. The normalized spacial score (nSPS) is 23.8. The first kappa shape index (κ1) is 26.6. The lowest BCUT2D eigenvalue weighted by molar-refractivity contribution is -0.126. The van der Waals surface area contributed by atoms with Crippen LogP contribution >= 0.6 is 15.9 Å². The van der Waals surface area contributed by atoms with Gasteiger partial charge in [0.05, 0.1) is 11.6 Å². The summed E-state index contributed by atoms with van der Waals surface area (Å²) in [6, 6.07) is 4.04. The van der Waals surface area contributed by atoms with E-state index in [1.165, 1.54) is 23.6 Å². The van der Waals surface area contributed by atoms with E-state index in [-0.39, 0.29) is 29.2 Å². The van der Waals surface area contributed by atoms with Crippen molar-refractivity contribution in [1.82, 2.24) is 14.5 Å². The number of fused-ring (bicyclic) bond motifs is 1. The number of sulfonamides is 1. The molecule has 2 atom stereocenters. The van der Waals surface area contributed by atoms with E-state index in [9.17, 15) is 18.0 Å². The van der Waals surface area contributed by atoms with E-state index < -0.39 is 10.0 Å². The van der Waals surface area contributed by atoms with Crippen LogP contribution in [0.4, 0.5) is 5.69 Å². The van der Waals surface area contributed by atoms with Crippen molar-refractivity contribution in [2.45, 2.75) is 69.7 Å². The van der Waals surface area contributed by atoms with Gasteiger partial charge in [-0.05, 0) is 63.3 Å². The molecule has 0 aliphatic carbocycles. The third-order valence-corrected chi connectivity index (χ3v) is 9.94. The third kappa shape index (κ3) is 5.76. The lowest BCUT2D eigenvalue weighted by Crippen LogP contribution is -2.47. The molecule has 2 amide bonds. The van der Waals surface area contributed by atoms with Crippen LogP contribution < -0.4 is 10.2 Å². The van der Waals surface area contributed by atoms with E-state index in [2.05, 4.69) is 33.1 Å². The molecule has 3 aliphatic rings. The van der Waals surface area contributed by atoms with Crippen LogP contribution in [0.3, 0.4) is 0 Å². The second kappa shape index (κ2) is 11.3. The number of piperidine rings is 2. The summed E-state index contributed by atoms with van der Waals surface area (Å²) in [7, 11) is -3.87. The average Bonchev–Trinajstić information content (AvgIpc) is 3.27. The lowest BCUT2D eigenvalue weighted by Gasteiger charge is -2.34. The molecule has 1 aromatic carbocycles. The van der Waals surface area contributed by atoms with Crippen molar-refractivity contribution in [1.29, 1.82) is 0 Å². The number of hydrogen-bond acceptors (Lipinski definition) is 5. The minimum Gasteiger partial charge on any atom is -0.355 e. The van der Waals surface area contributed by atoms with Gasteiger partial charge in [-0.2, -0.15) is 4.31 Å². The van der Waals surface area contributed by atoms with Gasteiger partial charge in [0.25, 0.3) is 0 Å². The Labute approximate surface area is 217 Å². The highest BCUT2D eigenvalue weighted by atomic mass is 79.9. The maximum atomic E-state index is 13.8. The predicted octanol–water partition coefficient (Wildman–Crippen LogP) is 3.14. The van der Waals surface area contributed by atoms with Gasteiger partial charge in [-0.15, -0.1) is 0 Å². The van der Waals surface area contributed by atoms with E-state index in [4.69, 9.17) is 0 Å². The van der Waals surface area contributed by atoms with Gasteiger partial charge in [0.15, 0.2) is 0 Å². The average molecular weight is 570 g/mol. The number of halogens is 1. The van der Waals surface area contributed by atoms with Crippen molar-refractivity contribution in [2.75, 3.05) is 44.2 Å². The minimum atomic E-state index is -3.87. The molecule has 0 saturated carbocycles. The number of carbonyl (C=O) groups is 2. The SMILES string of the molecule is CCC(=O)N1CCc2cc(Br)cc(S(=O)(=O)N3CCC[C@H](C(=O)NCCN4CCCC[C@@H]4C)C3)c21. The van der Waals surface area contributed by atoms with Crippen molar-refractivity contribution in [3.63, 3.8) is 0 Å². The van der Waals surface area contributed by atoms with Gasteiger partial charge in [0.2, 0.25) is 21.8 Å². The molecule has 2 fully saturated rings. The number of carbonyl (C=O) groups excluding carboxylic acids is 2. The van der Waals surface area contributed by atoms with Crippen LogP contribution in [0.2, 0.25) is 0 Å². The highest BCUT2D eigenvalue weighted by molar-refractivity contribution is 9.10. The summed E-state index contributed by atoms with van der Waals surface area (Å²) in [4.78, 5) is 29.7. The predicted molar refractivity (Wildman–Crippen MR) is 140 cm³/mol. The second-order valence-electron chi connectivity index (χ2n) is 9.93. The van der Waals surface area contributed by atoms with Crippen LogP contribution in [0, 0.1) is 5.92 Å². The molecule has 3 aliphatic heterocycles. The number of anilines is 1. The quantitative estimate of drug-likeness (QED) is 0.545. The third-order valence-electron chi connectivity index (χ3n) is 7.61. The van der Waals surface area contributed by atoms with Gasteiger partial charge in [-0.1, -0.05) is 29.3 Å².